The molecule has 0 bridgehead atoms. The number of Topliss-reactive ketones (excluding diaryl/α,β-unsaturated/α-hetero) is 1. The van der Waals surface area contributed by atoms with E-state index < -0.39 is 17.9 Å². The standard InChI is InChI=1S/C15H11F3O/c16-15(17,18)13(11-7-3-1-4-8-11)14(19)12-9-5-2-6-10-12/h1-10,13H. The molecule has 0 aliphatic rings. The van der Waals surface area contributed by atoms with Crippen molar-refractivity contribution in [3.05, 3.63) is 71.8 Å². The van der Waals surface area contributed by atoms with Crippen molar-refractivity contribution in [2.75, 3.05) is 0 Å². The van der Waals surface area contributed by atoms with Gasteiger partial charge in [0.05, 0.1) is 0 Å². The van der Waals surface area contributed by atoms with Crippen LogP contribution in [0.15, 0.2) is 60.7 Å². The van der Waals surface area contributed by atoms with Crippen molar-refractivity contribution in [1.82, 2.24) is 0 Å². The van der Waals surface area contributed by atoms with Crippen molar-refractivity contribution in [2.45, 2.75) is 12.1 Å². The van der Waals surface area contributed by atoms with Crippen LogP contribution in [0.3, 0.4) is 0 Å². The minimum absolute atomic E-state index is 0.0381. The lowest BCUT2D eigenvalue weighted by molar-refractivity contribution is -0.139. The fourth-order valence-electron chi connectivity index (χ4n) is 1.90. The molecule has 0 aliphatic heterocycles. The second-order valence-electron chi connectivity index (χ2n) is 4.12. The van der Waals surface area contributed by atoms with Gasteiger partial charge in [-0.15, -0.1) is 0 Å². The molecule has 2 aromatic rings. The van der Waals surface area contributed by atoms with E-state index in [0.29, 0.717) is 0 Å². The molecule has 0 saturated carbocycles. The predicted molar refractivity (Wildman–Crippen MR) is 66.0 cm³/mol. The summed E-state index contributed by atoms with van der Waals surface area (Å²) in [5.74, 6) is -3.05. The molecule has 98 valence electrons. The molecule has 0 amide bonds. The third kappa shape index (κ3) is 3.02. The lowest BCUT2D eigenvalue weighted by Gasteiger charge is -2.19. The topological polar surface area (TPSA) is 17.1 Å². The Morgan fingerprint density at radius 1 is 0.842 bits per heavy atom. The highest BCUT2D eigenvalue weighted by Crippen LogP contribution is 2.37. The van der Waals surface area contributed by atoms with E-state index in [4.69, 9.17) is 0 Å². The molecule has 2 rings (SSSR count). The van der Waals surface area contributed by atoms with Gasteiger partial charge in [0.15, 0.2) is 5.78 Å². The van der Waals surface area contributed by atoms with E-state index in [1.807, 2.05) is 0 Å². The number of rotatable bonds is 3. The Hall–Kier alpha value is -2.10. The third-order valence-corrected chi connectivity index (χ3v) is 2.78. The lowest BCUT2D eigenvalue weighted by atomic mass is 9.90. The maximum atomic E-state index is 13.1. The van der Waals surface area contributed by atoms with Crippen LogP contribution in [0.1, 0.15) is 21.8 Å². The summed E-state index contributed by atoms with van der Waals surface area (Å²) in [6, 6.07) is 14.8. The van der Waals surface area contributed by atoms with Gasteiger partial charge in [0.1, 0.15) is 5.92 Å². The van der Waals surface area contributed by atoms with Gasteiger partial charge in [-0.1, -0.05) is 60.7 Å². The number of benzene rings is 2. The van der Waals surface area contributed by atoms with Crippen molar-refractivity contribution in [3.8, 4) is 0 Å². The van der Waals surface area contributed by atoms with E-state index >= 15 is 0 Å². The summed E-state index contributed by atoms with van der Waals surface area (Å²) in [5, 5.41) is 0. The average Bonchev–Trinajstić information content (AvgIpc) is 2.39. The largest absolute Gasteiger partial charge is 0.402 e. The summed E-state index contributed by atoms with van der Waals surface area (Å²) in [7, 11) is 0. The van der Waals surface area contributed by atoms with Crippen LogP contribution < -0.4 is 0 Å². The van der Waals surface area contributed by atoms with Gasteiger partial charge >= 0.3 is 6.18 Å². The first-order valence-corrected chi connectivity index (χ1v) is 5.71. The molecule has 0 N–H and O–H groups in total. The summed E-state index contributed by atoms with van der Waals surface area (Å²) in [5.41, 5.74) is 0.0255. The highest BCUT2D eigenvalue weighted by molar-refractivity contribution is 6.01. The molecular formula is C15H11F3O. The minimum Gasteiger partial charge on any atom is -0.293 e. The average molecular weight is 264 g/mol. The Labute approximate surface area is 108 Å². The number of carbonyl (C=O) groups is 1. The van der Waals surface area contributed by atoms with Crippen LogP contribution in [0, 0.1) is 0 Å². The summed E-state index contributed by atoms with van der Waals surface area (Å²) < 4.78 is 39.4. The molecule has 0 aliphatic carbocycles. The van der Waals surface area contributed by atoms with Gasteiger partial charge in [-0.05, 0) is 5.56 Å². The van der Waals surface area contributed by atoms with Gasteiger partial charge in [0.2, 0.25) is 0 Å². The van der Waals surface area contributed by atoms with Crippen LogP contribution >= 0.6 is 0 Å². The van der Waals surface area contributed by atoms with Crippen LogP contribution in [0.25, 0.3) is 0 Å². The molecule has 1 atom stereocenters. The van der Waals surface area contributed by atoms with Crippen LogP contribution in [0.4, 0.5) is 13.2 Å². The van der Waals surface area contributed by atoms with E-state index in [9.17, 15) is 18.0 Å². The molecule has 0 aromatic heterocycles. The first-order chi connectivity index (χ1) is 9.00. The summed E-state index contributed by atoms with van der Waals surface area (Å²) in [6.45, 7) is 0. The van der Waals surface area contributed by atoms with Gasteiger partial charge in [0.25, 0.3) is 0 Å². The minimum atomic E-state index is -4.60. The Morgan fingerprint density at radius 2 is 1.32 bits per heavy atom. The monoisotopic (exact) mass is 264 g/mol. The zero-order chi connectivity index (χ0) is 13.9. The molecule has 2 aromatic carbocycles. The summed E-state index contributed by atoms with van der Waals surface area (Å²) >= 11 is 0. The Bertz CT molecular complexity index is 547. The maximum absolute atomic E-state index is 13.1. The lowest BCUT2D eigenvalue weighted by Crippen LogP contribution is -2.28. The fourth-order valence-corrected chi connectivity index (χ4v) is 1.90. The predicted octanol–water partition coefficient (Wildman–Crippen LogP) is 4.22. The first kappa shape index (κ1) is 13.3. The molecule has 19 heavy (non-hydrogen) atoms. The maximum Gasteiger partial charge on any atom is 0.402 e. The van der Waals surface area contributed by atoms with Gasteiger partial charge < -0.3 is 0 Å². The molecule has 1 unspecified atom stereocenters. The van der Waals surface area contributed by atoms with Crippen molar-refractivity contribution in [1.29, 1.82) is 0 Å². The molecule has 0 radical (unpaired) electrons. The highest BCUT2D eigenvalue weighted by atomic mass is 19.4. The van der Waals surface area contributed by atoms with Crippen LogP contribution in [0.5, 0.6) is 0 Å². The van der Waals surface area contributed by atoms with Crippen molar-refractivity contribution in [2.24, 2.45) is 0 Å². The molecule has 0 fully saturated rings. The van der Waals surface area contributed by atoms with Crippen LogP contribution in [-0.4, -0.2) is 12.0 Å². The number of hydrogen-bond donors (Lipinski definition) is 0. The second kappa shape index (κ2) is 5.26. The van der Waals surface area contributed by atoms with E-state index in [0.717, 1.165) is 0 Å². The second-order valence-corrected chi connectivity index (χ2v) is 4.12. The normalized spacial score (nSPS) is 13.0. The number of alkyl halides is 3. The zero-order valence-corrected chi connectivity index (χ0v) is 9.89. The molecule has 1 nitrogen and oxygen atoms in total. The Morgan fingerprint density at radius 3 is 1.79 bits per heavy atom. The fraction of sp³-hybridized carbons (Fsp3) is 0.133. The molecule has 0 saturated heterocycles. The molecule has 4 heteroatoms. The quantitative estimate of drug-likeness (QED) is 0.759. The van der Waals surface area contributed by atoms with Crippen molar-refractivity contribution in [3.63, 3.8) is 0 Å². The molecule has 0 spiro atoms. The van der Waals surface area contributed by atoms with E-state index in [1.54, 1.807) is 24.3 Å². The number of halogens is 3. The summed E-state index contributed by atoms with van der Waals surface area (Å²) in [4.78, 5) is 12.1. The van der Waals surface area contributed by atoms with Crippen LogP contribution in [0.2, 0.25) is 0 Å². The first-order valence-electron chi connectivity index (χ1n) is 5.71. The number of ketones is 1. The number of carbonyl (C=O) groups excluding carboxylic acids is 1. The van der Waals surface area contributed by atoms with Gasteiger partial charge in [-0.25, -0.2) is 0 Å². The van der Waals surface area contributed by atoms with Gasteiger partial charge in [-0.2, -0.15) is 13.2 Å². The number of hydrogen-bond acceptors (Lipinski definition) is 1. The van der Waals surface area contributed by atoms with Crippen LogP contribution in [-0.2, 0) is 0 Å². The Balaban J connectivity index is 2.43. The molecule has 0 heterocycles. The highest BCUT2D eigenvalue weighted by Gasteiger charge is 2.45. The summed E-state index contributed by atoms with van der Waals surface area (Å²) in [6.07, 6.45) is -4.60. The third-order valence-electron chi connectivity index (χ3n) is 2.78. The van der Waals surface area contributed by atoms with Crippen molar-refractivity contribution >= 4 is 5.78 Å². The van der Waals surface area contributed by atoms with Crippen molar-refractivity contribution < 1.29 is 18.0 Å². The van der Waals surface area contributed by atoms with Gasteiger partial charge in [-0.3, -0.25) is 4.79 Å². The molecular weight excluding hydrogens is 253 g/mol. The van der Waals surface area contributed by atoms with E-state index in [1.165, 1.54) is 36.4 Å². The Kier molecular flexibility index (Phi) is 3.69. The zero-order valence-electron chi connectivity index (χ0n) is 9.89. The van der Waals surface area contributed by atoms with Gasteiger partial charge in [0, 0.05) is 5.56 Å². The SMILES string of the molecule is O=C(c1ccccc1)C(c1ccccc1)C(F)(F)F. The van der Waals surface area contributed by atoms with E-state index in [-0.39, 0.29) is 11.1 Å². The van der Waals surface area contributed by atoms with E-state index in [2.05, 4.69) is 0 Å². The smallest absolute Gasteiger partial charge is 0.293 e.